The first kappa shape index (κ1) is 14.7. The van der Waals surface area contributed by atoms with E-state index < -0.39 is 0 Å². The quantitative estimate of drug-likeness (QED) is 0.547. The zero-order valence-electron chi connectivity index (χ0n) is 10.7. The molecule has 0 spiro atoms. The maximum absolute atomic E-state index is 6.26. The molecule has 1 N–H and O–H groups in total. The predicted octanol–water partition coefficient (Wildman–Crippen LogP) is 6.07. The molecule has 1 aliphatic rings. The smallest absolute Gasteiger partial charge is 0.0648 e. The van der Waals surface area contributed by atoms with E-state index in [1.165, 1.54) is 10.0 Å². The van der Waals surface area contributed by atoms with Crippen LogP contribution in [-0.4, -0.2) is 6.04 Å². The summed E-state index contributed by atoms with van der Waals surface area (Å²) in [6.45, 7) is 0. The van der Waals surface area contributed by atoms with E-state index in [9.17, 15) is 0 Å². The Bertz CT molecular complexity index is 626. The molecule has 0 unspecified atom stereocenters. The van der Waals surface area contributed by atoms with Crippen molar-refractivity contribution in [3.05, 3.63) is 61.1 Å². The van der Waals surface area contributed by atoms with E-state index in [2.05, 4.69) is 80.2 Å². The fraction of sp³-hybridized carbons (Fsp3) is 0.250. The first-order valence-corrected chi connectivity index (χ1v) is 8.84. The van der Waals surface area contributed by atoms with Crippen molar-refractivity contribution in [2.45, 2.75) is 24.8 Å². The van der Waals surface area contributed by atoms with Gasteiger partial charge in [-0.2, -0.15) is 0 Å². The predicted molar refractivity (Wildman–Crippen MR) is 97.7 cm³/mol. The summed E-state index contributed by atoms with van der Waals surface area (Å²) in [4.78, 5) is 0. The van der Waals surface area contributed by atoms with Gasteiger partial charge in [-0.1, -0.05) is 45.7 Å². The Hall–Kier alpha value is -0.260. The summed E-state index contributed by atoms with van der Waals surface area (Å²) in [5, 5.41) is 4.35. The fourth-order valence-corrected chi connectivity index (χ4v) is 4.14. The van der Waals surface area contributed by atoms with Gasteiger partial charge in [0.15, 0.2) is 0 Å². The molecule has 2 aromatic carbocycles. The Kier molecular flexibility index (Phi) is 4.58. The second-order valence-corrected chi connectivity index (χ2v) is 7.66. The summed E-state index contributed by atoms with van der Waals surface area (Å²) in [6, 6.07) is 15.2. The number of halogens is 3. The van der Waals surface area contributed by atoms with E-state index in [-0.39, 0.29) is 0 Å². The maximum atomic E-state index is 6.26. The third kappa shape index (κ3) is 3.15. The minimum Gasteiger partial charge on any atom is -0.381 e. The molecule has 1 aliphatic carbocycles. The van der Waals surface area contributed by atoms with Crippen molar-refractivity contribution in [1.82, 2.24) is 0 Å². The third-order valence-electron chi connectivity index (χ3n) is 3.77. The molecule has 104 valence electrons. The van der Waals surface area contributed by atoms with E-state index in [1.807, 2.05) is 6.07 Å². The Labute approximate surface area is 146 Å². The average Bonchev–Trinajstić information content (AvgIpc) is 2.37. The van der Waals surface area contributed by atoms with E-state index in [4.69, 9.17) is 11.6 Å². The molecule has 3 rings (SSSR count). The van der Waals surface area contributed by atoms with E-state index in [0.717, 1.165) is 27.1 Å². The molecule has 20 heavy (non-hydrogen) atoms. The van der Waals surface area contributed by atoms with Crippen LogP contribution in [0.25, 0.3) is 0 Å². The van der Waals surface area contributed by atoms with Crippen LogP contribution < -0.4 is 5.32 Å². The molecule has 0 radical (unpaired) electrons. The van der Waals surface area contributed by atoms with Gasteiger partial charge in [0, 0.05) is 14.1 Å². The molecule has 0 aliphatic heterocycles. The highest BCUT2D eigenvalue weighted by Crippen LogP contribution is 2.41. The van der Waals surface area contributed by atoms with Gasteiger partial charge in [-0.05, 0) is 71.2 Å². The molecule has 2 aromatic rings. The van der Waals surface area contributed by atoms with Gasteiger partial charge < -0.3 is 5.32 Å². The second-order valence-electron chi connectivity index (χ2n) is 5.16. The van der Waals surface area contributed by atoms with Crippen molar-refractivity contribution in [3.63, 3.8) is 0 Å². The molecule has 4 heteroatoms. The highest BCUT2D eigenvalue weighted by molar-refractivity contribution is 14.1. The average molecular weight is 463 g/mol. The zero-order chi connectivity index (χ0) is 14.1. The van der Waals surface area contributed by atoms with Crippen LogP contribution in [-0.2, 0) is 0 Å². The Morgan fingerprint density at radius 1 is 1.15 bits per heavy atom. The molecule has 0 bridgehead atoms. The van der Waals surface area contributed by atoms with Crippen molar-refractivity contribution in [2.75, 3.05) is 5.32 Å². The van der Waals surface area contributed by atoms with Crippen molar-refractivity contribution >= 4 is 55.8 Å². The number of benzene rings is 2. The Morgan fingerprint density at radius 2 is 1.90 bits per heavy atom. The lowest BCUT2D eigenvalue weighted by Gasteiger charge is -2.37. The summed E-state index contributed by atoms with van der Waals surface area (Å²) < 4.78 is 2.38. The van der Waals surface area contributed by atoms with Crippen LogP contribution in [0.4, 0.5) is 5.69 Å². The molecule has 1 fully saturated rings. The Morgan fingerprint density at radius 3 is 2.60 bits per heavy atom. The molecular formula is C16H14BrClIN. The molecule has 0 saturated heterocycles. The summed E-state index contributed by atoms with van der Waals surface area (Å²) in [6.07, 6.45) is 2.32. The van der Waals surface area contributed by atoms with Crippen molar-refractivity contribution in [2.24, 2.45) is 0 Å². The molecule has 0 aromatic heterocycles. The highest BCUT2D eigenvalue weighted by Gasteiger charge is 2.31. The minimum absolute atomic E-state index is 0.518. The van der Waals surface area contributed by atoms with Crippen molar-refractivity contribution in [1.29, 1.82) is 0 Å². The molecule has 0 atom stereocenters. The van der Waals surface area contributed by atoms with Crippen LogP contribution in [0.15, 0.2) is 46.9 Å². The summed E-state index contributed by atoms with van der Waals surface area (Å²) >= 11 is 12.2. The van der Waals surface area contributed by atoms with Gasteiger partial charge in [-0.3, -0.25) is 0 Å². The maximum Gasteiger partial charge on any atom is 0.0648 e. The van der Waals surface area contributed by atoms with Crippen LogP contribution in [0.5, 0.6) is 0 Å². The van der Waals surface area contributed by atoms with Crippen molar-refractivity contribution in [3.8, 4) is 0 Å². The normalized spacial score (nSPS) is 21.4. The minimum atomic E-state index is 0.518. The van der Waals surface area contributed by atoms with E-state index >= 15 is 0 Å². The third-order valence-corrected chi connectivity index (χ3v) is 5.48. The van der Waals surface area contributed by atoms with Crippen LogP contribution in [0.2, 0.25) is 5.02 Å². The molecule has 0 heterocycles. The van der Waals surface area contributed by atoms with Crippen LogP contribution in [0, 0.1) is 3.57 Å². The largest absolute Gasteiger partial charge is 0.381 e. The number of anilines is 1. The number of nitrogens with one attached hydrogen (secondary N) is 1. The lowest BCUT2D eigenvalue weighted by Crippen LogP contribution is -2.34. The van der Waals surface area contributed by atoms with Crippen LogP contribution >= 0.6 is 50.1 Å². The second kappa shape index (κ2) is 6.24. The monoisotopic (exact) mass is 461 g/mol. The number of hydrogen-bond donors (Lipinski definition) is 1. The fourth-order valence-electron chi connectivity index (χ4n) is 2.62. The van der Waals surface area contributed by atoms with Gasteiger partial charge in [0.1, 0.15) is 0 Å². The van der Waals surface area contributed by atoms with Gasteiger partial charge in [-0.15, -0.1) is 0 Å². The topological polar surface area (TPSA) is 12.0 Å². The van der Waals surface area contributed by atoms with Gasteiger partial charge in [0.05, 0.1) is 10.7 Å². The van der Waals surface area contributed by atoms with Crippen molar-refractivity contribution < 1.29 is 0 Å². The molecule has 1 saturated carbocycles. The van der Waals surface area contributed by atoms with Crippen LogP contribution in [0.1, 0.15) is 24.3 Å². The lowest BCUT2D eigenvalue weighted by atomic mass is 9.76. The first-order valence-electron chi connectivity index (χ1n) is 6.59. The summed E-state index contributed by atoms with van der Waals surface area (Å²) in [5.41, 5.74) is 2.46. The van der Waals surface area contributed by atoms with Gasteiger partial charge in [0.25, 0.3) is 0 Å². The molecular weight excluding hydrogens is 448 g/mol. The molecule has 1 nitrogen and oxygen atoms in total. The van der Waals surface area contributed by atoms with Gasteiger partial charge >= 0.3 is 0 Å². The van der Waals surface area contributed by atoms with Gasteiger partial charge in [0.2, 0.25) is 0 Å². The van der Waals surface area contributed by atoms with Crippen LogP contribution in [0.3, 0.4) is 0 Å². The first-order chi connectivity index (χ1) is 9.63. The van der Waals surface area contributed by atoms with Gasteiger partial charge in [-0.25, -0.2) is 0 Å². The number of rotatable bonds is 3. The standard InChI is InChI=1S/C16H14BrClIN/c17-14-4-2-1-3-13(14)10-7-12(8-10)20-16-6-5-11(19)9-15(16)18/h1-6,9-10,12,20H,7-8H2. The highest BCUT2D eigenvalue weighted by atomic mass is 127. The zero-order valence-corrected chi connectivity index (χ0v) is 15.2. The lowest BCUT2D eigenvalue weighted by molar-refractivity contribution is 0.373. The SMILES string of the molecule is Clc1cc(I)ccc1NC1CC(c2ccccc2Br)C1. The summed E-state index contributed by atoms with van der Waals surface area (Å²) in [7, 11) is 0. The Balaban J connectivity index is 1.62. The molecule has 0 amide bonds. The van der Waals surface area contributed by atoms with E-state index in [0.29, 0.717) is 12.0 Å². The summed E-state index contributed by atoms with van der Waals surface area (Å²) in [5.74, 6) is 0.644. The van der Waals surface area contributed by atoms with E-state index in [1.54, 1.807) is 0 Å². The number of hydrogen-bond acceptors (Lipinski definition) is 1.